The molecule has 11 nitrogen and oxygen atoms in total. The molecule has 2 aliphatic carbocycles. The SMILES string of the molecule is CC[C@H](C)[C@H](NC(=O)OCC1c2ccccc2-c2ccccc21)C(=O)N(C)[C@H](C(=O)N(C)[C@@H](CC(=O)O)C(=O)N(C)C)C1CCCC1. The third kappa shape index (κ3) is 7.77. The first-order valence-corrected chi connectivity index (χ1v) is 16.4. The van der Waals surface area contributed by atoms with E-state index in [-0.39, 0.29) is 24.4 Å². The quantitative estimate of drug-likeness (QED) is 0.330. The van der Waals surface area contributed by atoms with Gasteiger partial charge in [0, 0.05) is 34.1 Å². The summed E-state index contributed by atoms with van der Waals surface area (Å²) in [7, 11) is 5.97. The van der Waals surface area contributed by atoms with Crippen LogP contribution in [0.25, 0.3) is 11.1 Å². The van der Waals surface area contributed by atoms with Gasteiger partial charge in [-0.25, -0.2) is 4.79 Å². The summed E-state index contributed by atoms with van der Waals surface area (Å²) < 4.78 is 5.76. The van der Waals surface area contributed by atoms with Crippen molar-refractivity contribution in [2.75, 3.05) is 34.8 Å². The van der Waals surface area contributed by atoms with E-state index in [1.807, 2.05) is 50.2 Å². The predicted molar refractivity (Wildman–Crippen MR) is 177 cm³/mol. The van der Waals surface area contributed by atoms with Crippen molar-refractivity contribution in [1.82, 2.24) is 20.0 Å². The molecular formula is C36H48N4O7. The fraction of sp³-hybridized carbons (Fsp3) is 0.528. The van der Waals surface area contributed by atoms with E-state index >= 15 is 0 Å². The van der Waals surface area contributed by atoms with E-state index in [1.54, 1.807) is 7.05 Å². The highest BCUT2D eigenvalue weighted by Gasteiger charge is 2.43. The van der Waals surface area contributed by atoms with Gasteiger partial charge >= 0.3 is 12.1 Å². The number of carbonyl (C=O) groups is 5. The van der Waals surface area contributed by atoms with Crippen LogP contribution < -0.4 is 5.32 Å². The van der Waals surface area contributed by atoms with Crippen molar-refractivity contribution in [2.45, 2.75) is 76.4 Å². The second kappa shape index (κ2) is 15.5. The number of benzene rings is 2. The number of carbonyl (C=O) groups excluding carboxylic acids is 4. The second-order valence-corrected chi connectivity index (χ2v) is 13.1. The maximum Gasteiger partial charge on any atom is 0.407 e. The lowest BCUT2D eigenvalue weighted by atomic mass is 9.92. The zero-order valence-corrected chi connectivity index (χ0v) is 28.3. The van der Waals surface area contributed by atoms with Crippen molar-refractivity contribution in [3.05, 3.63) is 59.7 Å². The molecule has 2 N–H and O–H groups in total. The lowest BCUT2D eigenvalue weighted by molar-refractivity contribution is -0.154. The van der Waals surface area contributed by atoms with Crippen LogP contribution in [0.4, 0.5) is 4.79 Å². The summed E-state index contributed by atoms with van der Waals surface area (Å²) in [5.74, 6) is -3.27. The van der Waals surface area contributed by atoms with Crippen molar-refractivity contribution >= 4 is 29.8 Å². The number of hydrogen-bond acceptors (Lipinski definition) is 6. The molecule has 4 rings (SSSR count). The molecule has 0 heterocycles. The van der Waals surface area contributed by atoms with Crippen molar-refractivity contribution < 1.29 is 33.8 Å². The van der Waals surface area contributed by atoms with E-state index in [2.05, 4.69) is 17.4 Å². The molecule has 0 unspecified atom stereocenters. The third-order valence-electron chi connectivity index (χ3n) is 9.87. The van der Waals surface area contributed by atoms with Crippen LogP contribution in [0.3, 0.4) is 0 Å². The number of hydrogen-bond donors (Lipinski definition) is 2. The maximum atomic E-state index is 14.2. The second-order valence-electron chi connectivity index (χ2n) is 13.1. The number of alkyl carbamates (subject to hydrolysis) is 1. The van der Waals surface area contributed by atoms with Crippen LogP contribution in [0.1, 0.15) is 69.4 Å². The molecule has 0 bridgehead atoms. The Morgan fingerprint density at radius 1 is 0.851 bits per heavy atom. The van der Waals surface area contributed by atoms with Crippen molar-refractivity contribution in [2.24, 2.45) is 11.8 Å². The maximum absolute atomic E-state index is 14.2. The van der Waals surface area contributed by atoms with E-state index < -0.39 is 54.3 Å². The van der Waals surface area contributed by atoms with Crippen molar-refractivity contribution in [3.63, 3.8) is 0 Å². The van der Waals surface area contributed by atoms with E-state index in [9.17, 15) is 29.1 Å². The molecule has 0 radical (unpaired) electrons. The number of likely N-dealkylation sites (N-methyl/N-ethyl adjacent to an activating group) is 3. The van der Waals surface area contributed by atoms with Crippen LogP contribution in [0.5, 0.6) is 0 Å². The van der Waals surface area contributed by atoms with Gasteiger partial charge in [0.1, 0.15) is 24.7 Å². The molecule has 2 aromatic carbocycles. The fourth-order valence-corrected chi connectivity index (χ4v) is 6.98. The molecule has 4 amide bonds. The van der Waals surface area contributed by atoms with E-state index in [0.29, 0.717) is 19.3 Å². The molecule has 0 saturated heterocycles. The van der Waals surface area contributed by atoms with Gasteiger partial charge in [0.15, 0.2) is 0 Å². The van der Waals surface area contributed by atoms with Gasteiger partial charge in [0.2, 0.25) is 17.7 Å². The average Bonchev–Trinajstić information content (AvgIpc) is 3.70. The van der Waals surface area contributed by atoms with Crippen LogP contribution >= 0.6 is 0 Å². The molecule has 4 atom stereocenters. The summed E-state index contributed by atoms with van der Waals surface area (Å²) in [5, 5.41) is 12.3. The van der Waals surface area contributed by atoms with Crippen molar-refractivity contribution in [3.8, 4) is 11.1 Å². The molecule has 2 aromatic rings. The molecule has 0 aliphatic heterocycles. The predicted octanol–water partition coefficient (Wildman–Crippen LogP) is 4.35. The highest BCUT2D eigenvalue weighted by Crippen LogP contribution is 2.44. The molecule has 1 saturated carbocycles. The molecule has 2 aliphatic rings. The Balaban J connectivity index is 1.53. The summed E-state index contributed by atoms with van der Waals surface area (Å²) in [4.78, 5) is 70.0. The highest BCUT2D eigenvalue weighted by atomic mass is 16.5. The molecule has 47 heavy (non-hydrogen) atoms. The zero-order valence-electron chi connectivity index (χ0n) is 28.3. The van der Waals surface area contributed by atoms with Gasteiger partial charge < -0.3 is 29.9 Å². The summed E-state index contributed by atoms with van der Waals surface area (Å²) in [6.45, 7) is 3.87. The summed E-state index contributed by atoms with van der Waals surface area (Å²) in [6.07, 6.45) is 2.49. The van der Waals surface area contributed by atoms with Crippen LogP contribution in [-0.4, -0.2) is 103 Å². The topological polar surface area (TPSA) is 137 Å². The smallest absolute Gasteiger partial charge is 0.407 e. The minimum Gasteiger partial charge on any atom is -0.481 e. The van der Waals surface area contributed by atoms with E-state index in [4.69, 9.17) is 4.74 Å². The summed E-state index contributed by atoms with van der Waals surface area (Å²) in [5.41, 5.74) is 4.37. The first kappa shape index (κ1) is 35.4. The Morgan fingerprint density at radius 3 is 1.91 bits per heavy atom. The number of rotatable bonds is 13. The average molecular weight is 649 g/mol. The molecule has 0 aromatic heterocycles. The van der Waals surface area contributed by atoms with Crippen molar-refractivity contribution in [1.29, 1.82) is 0 Å². The fourth-order valence-electron chi connectivity index (χ4n) is 6.98. The lowest BCUT2D eigenvalue weighted by Crippen LogP contribution is -2.60. The minimum atomic E-state index is -1.23. The largest absolute Gasteiger partial charge is 0.481 e. The Labute approximate surface area is 277 Å². The number of carboxylic acid groups (broad SMARTS) is 1. The summed E-state index contributed by atoms with van der Waals surface area (Å²) in [6, 6.07) is 12.9. The van der Waals surface area contributed by atoms with E-state index in [0.717, 1.165) is 35.1 Å². The van der Waals surface area contributed by atoms with Gasteiger partial charge in [0.05, 0.1) is 6.42 Å². The number of nitrogens with one attached hydrogen (secondary N) is 1. The molecular weight excluding hydrogens is 600 g/mol. The zero-order chi connectivity index (χ0) is 34.4. The van der Waals surface area contributed by atoms with Crippen LogP contribution in [0.15, 0.2) is 48.5 Å². The molecule has 254 valence electrons. The van der Waals surface area contributed by atoms with Crippen LogP contribution in [-0.2, 0) is 23.9 Å². The number of carboxylic acids is 1. The number of fused-ring (bicyclic) bond motifs is 3. The Morgan fingerprint density at radius 2 is 1.40 bits per heavy atom. The lowest BCUT2D eigenvalue weighted by Gasteiger charge is -2.39. The molecule has 1 fully saturated rings. The van der Waals surface area contributed by atoms with Gasteiger partial charge in [-0.1, -0.05) is 81.6 Å². The van der Waals surface area contributed by atoms with Gasteiger partial charge in [0.25, 0.3) is 0 Å². The highest BCUT2D eigenvalue weighted by molar-refractivity contribution is 5.95. The Hall–Kier alpha value is -4.41. The first-order valence-electron chi connectivity index (χ1n) is 16.4. The summed E-state index contributed by atoms with van der Waals surface area (Å²) >= 11 is 0. The van der Waals surface area contributed by atoms with E-state index in [1.165, 1.54) is 35.8 Å². The number of ether oxygens (including phenoxy) is 1. The van der Waals surface area contributed by atoms with Crippen LogP contribution in [0, 0.1) is 11.8 Å². The molecule has 11 heteroatoms. The number of nitrogens with zero attached hydrogens (tertiary/aromatic N) is 3. The third-order valence-corrected chi connectivity index (χ3v) is 9.87. The monoisotopic (exact) mass is 648 g/mol. The van der Waals surface area contributed by atoms with Gasteiger partial charge in [-0.15, -0.1) is 0 Å². The van der Waals surface area contributed by atoms with Crippen LogP contribution in [0.2, 0.25) is 0 Å². The minimum absolute atomic E-state index is 0.0932. The Bertz CT molecular complexity index is 1430. The Kier molecular flexibility index (Phi) is 11.7. The normalized spacial score (nSPS) is 16.6. The standard InChI is InChI=1S/C36H48N4O7/c1-7-22(2)31(37-36(46)47-21-28-26-18-12-10-16-24(26)25-17-11-13-19-27(25)28)34(44)40(6)32(23-14-8-9-15-23)35(45)39(5)29(20-30(41)42)33(43)38(3)4/h10-13,16-19,22-23,28-29,31-32H,7-9,14-15,20-21H2,1-6H3,(H,37,46)(H,41,42)/t22-,29-,31-,32-/m0/s1. The van der Waals surface area contributed by atoms with Gasteiger partial charge in [-0.2, -0.15) is 0 Å². The van der Waals surface area contributed by atoms with Gasteiger partial charge in [-0.3, -0.25) is 19.2 Å². The number of amides is 4. The first-order chi connectivity index (χ1) is 22.4. The van der Waals surface area contributed by atoms with Gasteiger partial charge in [-0.05, 0) is 46.9 Å². The molecule has 0 spiro atoms. The number of aliphatic carboxylic acids is 1.